The van der Waals surface area contributed by atoms with E-state index in [-0.39, 0.29) is 5.75 Å². The van der Waals surface area contributed by atoms with Gasteiger partial charge in [0.15, 0.2) is 11.6 Å². The molecule has 2 N–H and O–H groups in total. The number of methoxy groups -OCH3 is 1. The van der Waals surface area contributed by atoms with E-state index in [1.54, 1.807) is 6.07 Å². The highest BCUT2D eigenvalue weighted by atomic mass is 35.5. The SMILES string of the molecule is COc1ccc(NNCl)cc1F. The fourth-order valence-electron chi connectivity index (χ4n) is 0.799. The average Bonchev–Trinajstić information content (AvgIpc) is 2.05. The molecule has 1 aromatic carbocycles. The maximum Gasteiger partial charge on any atom is 0.167 e. The predicted octanol–water partition coefficient (Wildman–Crippen LogP) is 1.90. The second kappa shape index (κ2) is 4.13. The van der Waals surface area contributed by atoms with Crippen LogP contribution in [0.3, 0.4) is 0 Å². The van der Waals surface area contributed by atoms with Gasteiger partial charge in [0.1, 0.15) is 0 Å². The highest BCUT2D eigenvalue weighted by Crippen LogP contribution is 2.19. The van der Waals surface area contributed by atoms with Gasteiger partial charge in [0.05, 0.1) is 12.8 Å². The van der Waals surface area contributed by atoms with E-state index in [9.17, 15) is 4.39 Å². The van der Waals surface area contributed by atoms with E-state index in [1.807, 2.05) is 0 Å². The van der Waals surface area contributed by atoms with Crippen LogP contribution in [0.25, 0.3) is 0 Å². The first-order chi connectivity index (χ1) is 5.77. The Bertz CT molecular complexity index is 270. The fraction of sp³-hybridized carbons (Fsp3) is 0.143. The minimum atomic E-state index is -0.436. The molecule has 1 aromatic rings. The van der Waals surface area contributed by atoms with E-state index < -0.39 is 5.82 Å². The third-order valence-electron chi connectivity index (χ3n) is 1.34. The van der Waals surface area contributed by atoms with Gasteiger partial charge in [-0.2, -0.15) is 0 Å². The number of hydrogen-bond donors (Lipinski definition) is 2. The lowest BCUT2D eigenvalue weighted by molar-refractivity contribution is 0.386. The minimum absolute atomic E-state index is 0.204. The number of benzene rings is 1. The lowest BCUT2D eigenvalue weighted by Crippen LogP contribution is -2.08. The van der Waals surface area contributed by atoms with Gasteiger partial charge in [0.2, 0.25) is 0 Å². The van der Waals surface area contributed by atoms with Crippen LogP contribution >= 0.6 is 11.8 Å². The summed E-state index contributed by atoms with van der Waals surface area (Å²) in [5.41, 5.74) is 3.05. The highest BCUT2D eigenvalue weighted by molar-refractivity contribution is 6.13. The molecule has 0 atom stereocenters. The zero-order chi connectivity index (χ0) is 8.97. The fourth-order valence-corrected chi connectivity index (χ4v) is 0.908. The van der Waals surface area contributed by atoms with Gasteiger partial charge in [-0.15, -0.1) is 4.94 Å². The van der Waals surface area contributed by atoms with Crippen molar-refractivity contribution in [3.63, 3.8) is 0 Å². The third-order valence-corrected chi connectivity index (χ3v) is 1.44. The quantitative estimate of drug-likeness (QED) is 0.564. The summed E-state index contributed by atoms with van der Waals surface area (Å²) in [4.78, 5) is 2.16. The molecule has 0 aliphatic rings. The van der Waals surface area contributed by atoms with Crippen LogP contribution in [0.15, 0.2) is 18.2 Å². The van der Waals surface area contributed by atoms with Crippen LogP contribution in [0, 0.1) is 5.82 Å². The van der Waals surface area contributed by atoms with Crippen LogP contribution in [0.5, 0.6) is 5.75 Å². The maximum atomic E-state index is 12.9. The Kier molecular flexibility index (Phi) is 3.13. The second-order valence-corrected chi connectivity index (χ2v) is 2.26. The summed E-state index contributed by atoms with van der Waals surface area (Å²) in [6.45, 7) is 0. The Labute approximate surface area is 74.6 Å². The van der Waals surface area contributed by atoms with Crippen LogP contribution in [0.1, 0.15) is 0 Å². The first kappa shape index (κ1) is 9.09. The molecule has 0 aliphatic heterocycles. The van der Waals surface area contributed by atoms with Gasteiger partial charge in [-0.05, 0) is 23.9 Å². The molecule has 0 unspecified atom stereocenters. The van der Waals surface area contributed by atoms with E-state index in [2.05, 4.69) is 10.4 Å². The molecular weight excluding hydrogens is 183 g/mol. The molecule has 0 bridgehead atoms. The molecule has 0 radical (unpaired) electrons. The van der Waals surface area contributed by atoms with E-state index in [1.165, 1.54) is 19.2 Å². The van der Waals surface area contributed by atoms with Gasteiger partial charge >= 0.3 is 0 Å². The number of nitrogens with one attached hydrogen (secondary N) is 2. The number of hydrazine groups is 1. The molecule has 3 nitrogen and oxygen atoms in total. The van der Waals surface area contributed by atoms with E-state index >= 15 is 0 Å². The molecule has 0 spiro atoms. The zero-order valence-corrected chi connectivity index (χ0v) is 7.15. The summed E-state index contributed by atoms with van der Waals surface area (Å²) in [6, 6.07) is 4.41. The van der Waals surface area contributed by atoms with Crippen molar-refractivity contribution in [3.8, 4) is 5.75 Å². The van der Waals surface area contributed by atoms with Crippen LogP contribution in [-0.4, -0.2) is 7.11 Å². The highest BCUT2D eigenvalue weighted by Gasteiger charge is 2.01. The monoisotopic (exact) mass is 190 g/mol. The molecule has 0 amide bonds. The summed E-state index contributed by atoms with van der Waals surface area (Å²) < 4.78 is 17.7. The number of rotatable bonds is 3. The Hall–Kier alpha value is -1.00. The van der Waals surface area contributed by atoms with Crippen molar-refractivity contribution >= 4 is 17.5 Å². The van der Waals surface area contributed by atoms with Crippen molar-refractivity contribution in [2.24, 2.45) is 0 Å². The summed E-state index contributed by atoms with van der Waals surface area (Å²) in [5, 5.41) is 0. The van der Waals surface area contributed by atoms with Crippen LogP contribution in [0.2, 0.25) is 0 Å². The smallest absolute Gasteiger partial charge is 0.167 e. The second-order valence-electron chi connectivity index (χ2n) is 2.07. The largest absolute Gasteiger partial charge is 0.494 e. The van der Waals surface area contributed by atoms with Crippen molar-refractivity contribution in [1.29, 1.82) is 0 Å². The van der Waals surface area contributed by atoms with Gasteiger partial charge in [-0.3, -0.25) is 0 Å². The van der Waals surface area contributed by atoms with Gasteiger partial charge in [0, 0.05) is 6.07 Å². The topological polar surface area (TPSA) is 33.3 Å². The molecule has 66 valence electrons. The number of anilines is 1. The molecule has 12 heavy (non-hydrogen) atoms. The number of hydrogen-bond acceptors (Lipinski definition) is 3. The van der Waals surface area contributed by atoms with Crippen LogP contribution < -0.4 is 15.1 Å². The normalized spacial score (nSPS) is 9.58. The molecular formula is C7H8ClFN2O. The maximum absolute atomic E-state index is 12.9. The van der Waals surface area contributed by atoms with E-state index in [0.717, 1.165) is 0 Å². The summed E-state index contributed by atoms with van der Waals surface area (Å²) in [6.07, 6.45) is 0. The third kappa shape index (κ3) is 1.99. The first-order valence-corrected chi connectivity index (χ1v) is 3.61. The van der Waals surface area contributed by atoms with Crippen molar-refractivity contribution < 1.29 is 9.13 Å². The molecule has 0 saturated carbocycles. The Morgan fingerprint density at radius 3 is 2.75 bits per heavy atom. The zero-order valence-electron chi connectivity index (χ0n) is 6.40. The summed E-state index contributed by atoms with van der Waals surface area (Å²) in [7, 11) is 1.41. The average molecular weight is 191 g/mol. The Morgan fingerprint density at radius 2 is 2.25 bits per heavy atom. The van der Waals surface area contributed by atoms with Crippen molar-refractivity contribution in [2.45, 2.75) is 0 Å². The van der Waals surface area contributed by atoms with Gasteiger partial charge < -0.3 is 10.2 Å². The Balaban J connectivity index is 2.86. The van der Waals surface area contributed by atoms with E-state index in [4.69, 9.17) is 16.5 Å². The van der Waals surface area contributed by atoms with Gasteiger partial charge in [0.25, 0.3) is 0 Å². The van der Waals surface area contributed by atoms with Gasteiger partial charge in [-0.25, -0.2) is 4.39 Å². The minimum Gasteiger partial charge on any atom is -0.494 e. The van der Waals surface area contributed by atoms with Crippen LogP contribution in [0.4, 0.5) is 10.1 Å². The standard InChI is InChI=1S/C7H8ClFN2O/c1-12-7-3-2-5(10-11-8)4-6(7)9/h2-4,10-11H,1H3. The van der Waals surface area contributed by atoms with Crippen LogP contribution in [-0.2, 0) is 0 Å². The molecule has 5 heteroatoms. The molecule has 0 aliphatic carbocycles. The Morgan fingerprint density at radius 1 is 1.50 bits per heavy atom. The molecule has 1 rings (SSSR count). The van der Waals surface area contributed by atoms with Gasteiger partial charge in [-0.1, -0.05) is 0 Å². The summed E-state index contributed by atoms with van der Waals surface area (Å²) in [5.74, 6) is -0.232. The van der Waals surface area contributed by atoms with Crippen molar-refractivity contribution in [1.82, 2.24) is 4.94 Å². The summed E-state index contributed by atoms with van der Waals surface area (Å²) >= 11 is 5.15. The van der Waals surface area contributed by atoms with E-state index in [0.29, 0.717) is 5.69 Å². The number of halogens is 2. The lowest BCUT2D eigenvalue weighted by atomic mass is 10.3. The number of ether oxygens (including phenoxy) is 1. The molecule has 0 fully saturated rings. The molecule has 0 saturated heterocycles. The van der Waals surface area contributed by atoms with Crippen molar-refractivity contribution in [2.75, 3.05) is 12.5 Å². The molecule has 0 heterocycles. The first-order valence-electron chi connectivity index (χ1n) is 3.23. The van der Waals surface area contributed by atoms with Crippen molar-refractivity contribution in [3.05, 3.63) is 24.0 Å². The molecule has 0 aromatic heterocycles. The predicted molar refractivity (Wildman–Crippen MR) is 45.6 cm³/mol. The lowest BCUT2D eigenvalue weighted by Gasteiger charge is -2.05.